The van der Waals surface area contributed by atoms with Crippen LogP contribution in [0.5, 0.6) is 0 Å². The smallest absolute Gasteiger partial charge is 0.371 e. The fourth-order valence-electron chi connectivity index (χ4n) is 0.957. The van der Waals surface area contributed by atoms with Gasteiger partial charge < -0.3 is 18.9 Å². The van der Waals surface area contributed by atoms with E-state index < -0.39 is 18.9 Å². The standard InChI is InChI=1S/C9H17O6P/c1-4-13-9(11)8(7-10)16(12,14-5-2)15-6-3/h7,10H,4-6H2,1-3H3/b8-7+. The summed E-state index contributed by atoms with van der Waals surface area (Å²) in [7, 11) is -3.78. The first-order valence-electron chi connectivity index (χ1n) is 4.96. The van der Waals surface area contributed by atoms with Crippen molar-refractivity contribution in [1.29, 1.82) is 0 Å². The molecular weight excluding hydrogens is 235 g/mol. The lowest BCUT2D eigenvalue weighted by Crippen LogP contribution is -2.11. The van der Waals surface area contributed by atoms with E-state index >= 15 is 0 Å². The highest BCUT2D eigenvalue weighted by Crippen LogP contribution is 2.56. The SMILES string of the molecule is CCOC(=O)/C(=C\O)P(=O)(OCC)OCC. The number of rotatable bonds is 7. The molecule has 0 aromatic rings. The zero-order chi connectivity index (χ0) is 12.6. The lowest BCUT2D eigenvalue weighted by atomic mass is 10.6. The van der Waals surface area contributed by atoms with E-state index in [2.05, 4.69) is 4.74 Å². The van der Waals surface area contributed by atoms with E-state index in [4.69, 9.17) is 14.2 Å². The summed E-state index contributed by atoms with van der Waals surface area (Å²) in [6.07, 6.45) is 0.407. The van der Waals surface area contributed by atoms with Gasteiger partial charge in [0.15, 0.2) is 5.31 Å². The van der Waals surface area contributed by atoms with Gasteiger partial charge in [-0.25, -0.2) is 4.79 Å². The van der Waals surface area contributed by atoms with Crippen molar-refractivity contribution in [2.45, 2.75) is 20.8 Å². The molecule has 0 spiro atoms. The molecule has 0 aliphatic carbocycles. The molecular formula is C9H17O6P. The molecule has 7 heteroatoms. The van der Waals surface area contributed by atoms with E-state index in [1.54, 1.807) is 20.8 Å². The zero-order valence-electron chi connectivity index (χ0n) is 9.63. The Hall–Kier alpha value is -0.840. The molecule has 94 valence electrons. The minimum absolute atomic E-state index is 0.0913. The van der Waals surface area contributed by atoms with Gasteiger partial charge in [-0.15, -0.1) is 0 Å². The third-order valence-electron chi connectivity index (χ3n) is 1.50. The second-order valence-corrected chi connectivity index (χ2v) is 4.56. The second kappa shape index (κ2) is 7.44. The van der Waals surface area contributed by atoms with Crippen molar-refractivity contribution in [2.24, 2.45) is 0 Å². The lowest BCUT2D eigenvalue weighted by Gasteiger charge is -2.17. The molecule has 0 unspecified atom stereocenters. The quantitative estimate of drug-likeness (QED) is 0.324. The third kappa shape index (κ3) is 3.96. The van der Waals surface area contributed by atoms with Gasteiger partial charge in [0.05, 0.1) is 19.8 Å². The number of aliphatic hydroxyl groups excluding tert-OH is 1. The predicted octanol–water partition coefficient (Wildman–Crippen LogP) is 2.21. The van der Waals surface area contributed by atoms with Gasteiger partial charge >= 0.3 is 13.6 Å². The largest absolute Gasteiger partial charge is 0.514 e. The summed E-state index contributed by atoms with van der Waals surface area (Å²) in [5, 5.41) is 8.43. The third-order valence-corrected chi connectivity index (χ3v) is 3.58. The lowest BCUT2D eigenvalue weighted by molar-refractivity contribution is -0.138. The first kappa shape index (κ1) is 15.2. The van der Waals surface area contributed by atoms with Gasteiger partial charge in [0, 0.05) is 0 Å². The van der Waals surface area contributed by atoms with Crippen LogP contribution in [0.15, 0.2) is 11.6 Å². The second-order valence-electron chi connectivity index (χ2n) is 2.57. The average Bonchev–Trinajstić information content (AvgIpc) is 2.19. The van der Waals surface area contributed by atoms with Crippen LogP contribution in [0.4, 0.5) is 0 Å². The molecule has 0 atom stereocenters. The number of esters is 1. The summed E-state index contributed by atoms with van der Waals surface area (Å²) < 4.78 is 26.5. The van der Waals surface area contributed by atoms with Crippen molar-refractivity contribution >= 4 is 13.6 Å². The monoisotopic (exact) mass is 252 g/mol. The summed E-state index contributed by atoms with van der Waals surface area (Å²) in [6, 6.07) is 0. The van der Waals surface area contributed by atoms with E-state index in [0.29, 0.717) is 6.26 Å². The molecule has 0 saturated carbocycles. The summed E-state index contributed by atoms with van der Waals surface area (Å²) in [4.78, 5) is 11.4. The topological polar surface area (TPSA) is 82.1 Å². The number of hydrogen-bond acceptors (Lipinski definition) is 6. The Bertz CT molecular complexity index is 288. The van der Waals surface area contributed by atoms with Crippen LogP contribution in [0.3, 0.4) is 0 Å². The Morgan fingerprint density at radius 2 is 1.69 bits per heavy atom. The van der Waals surface area contributed by atoms with E-state index in [9.17, 15) is 9.36 Å². The van der Waals surface area contributed by atoms with Crippen LogP contribution in [-0.4, -0.2) is 30.9 Å². The summed E-state index contributed by atoms with van der Waals surface area (Å²) in [5.74, 6) is -0.907. The fourth-order valence-corrected chi connectivity index (χ4v) is 2.42. The molecule has 6 nitrogen and oxygen atoms in total. The number of carbonyl (C=O) groups excluding carboxylic acids is 1. The molecule has 0 aliphatic rings. The molecule has 1 N–H and O–H groups in total. The predicted molar refractivity (Wildman–Crippen MR) is 58.2 cm³/mol. The normalized spacial score (nSPS) is 12.6. The summed E-state index contributed by atoms with van der Waals surface area (Å²) in [6.45, 7) is 5.09. The number of hydrogen-bond donors (Lipinski definition) is 1. The molecule has 0 fully saturated rings. The molecule has 0 rings (SSSR count). The van der Waals surface area contributed by atoms with Crippen LogP contribution in [-0.2, 0) is 23.1 Å². The zero-order valence-corrected chi connectivity index (χ0v) is 10.5. The van der Waals surface area contributed by atoms with Crippen LogP contribution in [0.2, 0.25) is 0 Å². The van der Waals surface area contributed by atoms with Crippen molar-refractivity contribution in [3.63, 3.8) is 0 Å². The Labute approximate surface area is 94.7 Å². The van der Waals surface area contributed by atoms with Gasteiger partial charge in [0.1, 0.15) is 6.26 Å². The highest BCUT2D eigenvalue weighted by atomic mass is 31.2. The molecule has 0 amide bonds. The van der Waals surface area contributed by atoms with Crippen LogP contribution in [0.1, 0.15) is 20.8 Å². The maximum Gasteiger partial charge on any atom is 0.371 e. The highest BCUT2D eigenvalue weighted by Gasteiger charge is 2.36. The Morgan fingerprint density at radius 3 is 2.00 bits per heavy atom. The Balaban J connectivity index is 5.01. The summed E-state index contributed by atoms with van der Waals surface area (Å²) in [5.41, 5.74) is 0. The van der Waals surface area contributed by atoms with Crippen molar-refractivity contribution < 1.29 is 28.3 Å². The van der Waals surface area contributed by atoms with Crippen LogP contribution in [0.25, 0.3) is 0 Å². The van der Waals surface area contributed by atoms with Crippen LogP contribution in [0, 0.1) is 0 Å². The number of ether oxygens (including phenoxy) is 1. The first-order valence-corrected chi connectivity index (χ1v) is 6.51. The molecule has 16 heavy (non-hydrogen) atoms. The molecule has 0 aromatic carbocycles. The number of carbonyl (C=O) groups is 1. The Kier molecular flexibility index (Phi) is 7.05. The fraction of sp³-hybridized carbons (Fsp3) is 0.667. The van der Waals surface area contributed by atoms with Gasteiger partial charge in [-0.3, -0.25) is 4.57 Å². The van der Waals surface area contributed by atoms with E-state index in [1.165, 1.54) is 0 Å². The van der Waals surface area contributed by atoms with E-state index in [0.717, 1.165) is 0 Å². The van der Waals surface area contributed by atoms with Gasteiger partial charge in [-0.05, 0) is 20.8 Å². The summed E-state index contributed by atoms with van der Waals surface area (Å²) >= 11 is 0. The molecule has 0 radical (unpaired) electrons. The minimum atomic E-state index is -3.78. The first-order chi connectivity index (χ1) is 7.55. The van der Waals surface area contributed by atoms with Crippen LogP contribution < -0.4 is 0 Å². The minimum Gasteiger partial charge on any atom is -0.514 e. The highest BCUT2D eigenvalue weighted by molar-refractivity contribution is 7.59. The molecule has 0 heterocycles. The van der Waals surface area contributed by atoms with Crippen molar-refractivity contribution in [2.75, 3.05) is 19.8 Å². The van der Waals surface area contributed by atoms with Gasteiger partial charge in [0.2, 0.25) is 0 Å². The van der Waals surface area contributed by atoms with Crippen LogP contribution >= 0.6 is 7.60 Å². The van der Waals surface area contributed by atoms with E-state index in [1.807, 2.05) is 0 Å². The van der Waals surface area contributed by atoms with Crippen molar-refractivity contribution in [1.82, 2.24) is 0 Å². The van der Waals surface area contributed by atoms with Gasteiger partial charge in [0.25, 0.3) is 0 Å². The van der Waals surface area contributed by atoms with Crippen molar-refractivity contribution in [3.05, 3.63) is 11.6 Å². The van der Waals surface area contributed by atoms with E-state index in [-0.39, 0.29) is 19.8 Å². The molecule has 0 bridgehead atoms. The average molecular weight is 252 g/mol. The van der Waals surface area contributed by atoms with Gasteiger partial charge in [-0.2, -0.15) is 0 Å². The maximum absolute atomic E-state index is 12.1. The molecule has 0 aliphatic heterocycles. The van der Waals surface area contributed by atoms with Gasteiger partial charge in [-0.1, -0.05) is 0 Å². The maximum atomic E-state index is 12.1. The molecule has 0 aromatic heterocycles. The molecule has 0 saturated heterocycles. The van der Waals surface area contributed by atoms with Crippen molar-refractivity contribution in [3.8, 4) is 0 Å². The Morgan fingerprint density at radius 1 is 1.19 bits per heavy atom. The number of aliphatic hydroxyl groups is 1.